The van der Waals surface area contributed by atoms with Crippen LogP contribution in [0.25, 0.3) is 11.3 Å². The Kier molecular flexibility index (Phi) is 3.62. The number of anilines is 1. The summed E-state index contributed by atoms with van der Waals surface area (Å²) in [5.41, 5.74) is 8.22. The highest BCUT2D eigenvalue weighted by Gasteiger charge is 2.22. The van der Waals surface area contributed by atoms with E-state index in [4.69, 9.17) is 15.5 Å². The summed E-state index contributed by atoms with van der Waals surface area (Å²) in [6.45, 7) is 7.29. The molecule has 0 fully saturated rings. The molecule has 4 heteroatoms. The van der Waals surface area contributed by atoms with E-state index in [1.54, 1.807) is 0 Å². The van der Waals surface area contributed by atoms with Gasteiger partial charge in [-0.2, -0.15) is 0 Å². The fourth-order valence-electron chi connectivity index (χ4n) is 2.88. The molecule has 1 aliphatic heterocycles. The minimum Gasteiger partial charge on any atom is -0.491 e. The molecule has 0 aliphatic carbocycles. The summed E-state index contributed by atoms with van der Waals surface area (Å²) in [7, 11) is 0. The second-order valence-electron chi connectivity index (χ2n) is 6.21. The van der Waals surface area contributed by atoms with Gasteiger partial charge in [0.15, 0.2) is 0 Å². The number of fused-ring (bicyclic) bond motifs is 1. The highest BCUT2D eigenvalue weighted by Crippen LogP contribution is 2.32. The average molecular weight is 285 g/mol. The molecule has 0 saturated carbocycles. The molecule has 0 amide bonds. The van der Waals surface area contributed by atoms with Gasteiger partial charge in [-0.1, -0.05) is 19.1 Å². The fraction of sp³-hybridized carbons (Fsp3) is 0.471. The third kappa shape index (κ3) is 2.75. The molecule has 1 unspecified atom stereocenters. The number of imidazole rings is 1. The van der Waals surface area contributed by atoms with Crippen molar-refractivity contribution in [1.82, 2.24) is 9.55 Å². The van der Waals surface area contributed by atoms with E-state index in [1.165, 1.54) is 6.42 Å². The monoisotopic (exact) mass is 285 g/mol. The zero-order valence-corrected chi connectivity index (χ0v) is 13.0. The van der Waals surface area contributed by atoms with Gasteiger partial charge in [0.2, 0.25) is 0 Å². The number of nitrogens with two attached hydrogens (primary N) is 1. The zero-order valence-electron chi connectivity index (χ0n) is 13.0. The molecule has 4 nitrogen and oxygen atoms in total. The highest BCUT2D eigenvalue weighted by molar-refractivity contribution is 5.72. The summed E-state index contributed by atoms with van der Waals surface area (Å²) in [6, 6.07) is 8.03. The lowest BCUT2D eigenvalue weighted by Gasteiger charge is -2.20. The smallest absolute Gasteiger partial charge is 0.131 e. The summed E-state index contributed by atoms with van der Waals surface area (Å²) in [6.07, 6.45) is 2.34. The largest absolute Gasteiger partial charge is 0.491 e. The first-order chi connectivity index (χ1) is 10.0. The van der Waals surface area contributed by atoms with Gasteiger partial charge in [-0.05, 0) is 38.3 Å². The van der Waals surface area contributed by atoms with Gasteiger partial charge < -0.3 is 15.0 Å². The number of nitrogen functional groups attached to an aromatic ring is 1. The predicted octanol–water partition coefficient (Wildman–Crippen LogP) is 3.50. The molecule has 0 bridgehead atoms. The predicted molar refractivity (Wildman–Crippen MR) is 85.3 cm³/mol. The van der Waals surface area contributed by atoms with Crippen LogP contribution >= 0.6 is 0 Å². The third-order valence-electron chi connectivity index (χ3n) is 3.94. The molecule has 1 aromatic carbocycles. The molecule has 2 heterocycles. The van der Waals surface area contributed by atoms with Crippen molar-refractivity contribution in [2.45, 2.75) is 46.3 Å². The average Bonchev–Trinajstić information content (AvgIpc) is 2.75. The molecule has 1 aliphatic rings. The number of benzene rings is 1. The Morgan fingerprint density at radius 3 is 2.95 bits per heavy atom. The molecular formula is C17H23N3O. The van der Waals surface area contributed by atoms with Crippen LogP contribution in [0.3, 0.4) is 0 Å². The Morgan fingerprint density at radius 1 is 1.38 bits per heavy atom. The normalized spacial score (nSPS) is 17.8. The molecule has 2 aromatic rings. The summed E-state index contributed by atoms with van der Waals surface area (Å²) in [5.74, 6) is 3.43. The van der Waals surface area contributed by atoms with E-state index in [0.29, 0.717) is 5.92 Å². The highest BCUT2D eigenvalue weighted by atomic mass is 16.5. The van der Waals surface area contributed by atoms with Crippen molar-refractivity contribution in [1.29, 1.82) is 0 Å². The maximum atomic E-state index is 6.31. The first-order valence-corrected chi connectivity index (χ1v) is 7.66. The van der Waals surface area contributed by atoms with Gasteiger partial charge in [-0.25, -0.2) is 4.98 Å². The van der Waals surface area contributed by atoms with E-state index in [1.807, 2.05) is 38.1 Å². The Hall–Kier alpha value is -1.97. The van der Waals surface area contributed by atoms with Crippen LogP contribution in [0.1, 0.15) is 33.0 Å². The molecule has 0 spiro atoms. The first kappa shape index (κ1) is 14.0. The van der Waals surface area contributed by atoms with Crippen LogP contribution in [0.15, 0.2) is 24.3 Å². The van der Waals surface area contributed by atoms with Crippen LogP contribution in [-0.2, 0) is 13.0 Å². The van der Waals surface area contributed by atoms with Crippen molar-refractivity contribution in [2.24, 2.45) is 5.92 Å². The van der Waals surface area contributed by atoms with Crippen molar-refractivity contribution in [3.05, 3.63) is 30.1 Å². The summed E-state index contributed by atoms with van der Waals surface area (Å²) >= 11 is 0. The lowest BCUT2D eigenvalue weighted by molar-refractivity contribution is 0.242. The Bertz CT molecular complexity index is 645. The van der Waals surface area contributed by atoms with Crippen LogP contribution < -0.4 is 10.5 Å². The minimum atomic E-state index is 0.161. The third-order valence-corrected chi connectivity index (χ3v) is 3.94. The fourth-order valence-corrected chi connectivity index (χ4v) is 2.88. The quantitative estimate of drug-likeness (QED) is 0.939. The maximum Gasteiger partial charge on any atom is 0.131 e. The number of rotatable bonds is 3. The van der Waals surface area contributed by atoms with Crippen molar-refractivity contribution in [2.75, 3.05) is 5.73 Å². The number of hydrogen-bond donors (Lipinski definition) is 1. The minimum absolute atomic E-state index is 0.161. The van der Waals surface area contributed by atoms with E-state index >= 15 is 0 Å². The maximum absolute atomic E-state index is 6.31. The van der Waals surface area contributed by atoms with E-state index in [0.717, 1.165) is 41.6 Å². The molecule has 3 rings (SSSR count). The molecule has 1 atom stereocenters. The van der Waals surface area contributed by atoms with Crippen molar-refractivity contribution in [3.8, 4) is 17.0 Å². The van der Waals surface area contributed by atoms with Gasteiger partial charge in [0.1, 0.15) is 23.1 Å². The Morgan fingerprint density at radius 2 is 2.19 bits per heavy atom. The van der Waals surface area contributed by atoms with E-state index in [2.05, 4.69) is 11.5 Å². The lowest BCUT2D eigenvalue weighted by Crippen LogP contribution is -2.18. The number of hydrogen-bond acceptors (Lipinski definition) is 3. The Balaban J connectivity index is 1.97. The van der Waals surface area contributed by atoms with Crippen LogP contribution in [0.5, 0.6) is 5.75 Å². The summed E-state index contributed by atoms with van der Waals surface area (Å²) in [5, 5.41) is 0. The molecule has 1 aromatic heterocycles. The van der Waals surface area contributed by atoms with Gasteiger partial charge in [-0.3, -0.25) is 0 Å². The topological polar surface area (TPSA) is 53.1 Å². The standard InChI is InChI=1S/C17H23N3O/c1-11(2)21-14-6-4-5-13(10-14)16-17(18)20-8-7-12(3)9-15(20)19-16/h4-6,10-12H,7-9,18H2,1-3H3. The van der Waals surface area contributed by atoms with Crippen molar-refractivity contribution < 1.29 is 4.74 Å². The van der Waals surface area contributed by atoms with Gasteiger partial charge in [-0.15, -0.1) is 0 Å². The molecule has 0 radical (unpaired) electrons. The number of nitrogens with zero attached hydrogens (tertiary/aromatic N) is 2. The molecule has 0 saturated heterocycles. The van der Waals surface area contributed by atoms with Gasteiger partial charge in [0, 0.05) is 18.5 Å². The van der Waals surface area contributed by atoms with E-state index in [9.17, 15) is 0 Å². The number of ether oxygens (including phenoxy) is 1. The second kappa shape index (κ2) is 5.43. The molecule has 112 valence electrons. The summed E-state index contributed by atoms with van der Waals surface area (Å²) < 4.78 is 7.92. The van der Waals surface area contributed by atoms with Crippen LogP contribution in [0.4, 0.5) is 5.82 Å². The molecule has 2 N–H and O–H groups in total. The zero-order chi connectivity index (χ0) is 15.0. The van der Waals surface area contributed by atoms with E-state index in [-0.39, 0.29) is 6.10 Å². The molecular weight excluding hydrogens is 262 g/mol. The lowest BCUT2D eigenvalue weighted by atomic mass is 10.0. The van der Waals surface area contributed by atoms with Gasteiger partial charge in [0.25, 0.3) is 0 Å². The first-order valence-electron chi connectivity index (χ1n) is 7.66. The van der Waals surface area contributed by atoms with Crippen LogP contribution in [-0.4, -0.2) is 15.7 Å². The molecule has 21 heavy (non-hydrogen) atoms. The van der Waals surface area contributed by atoms with Crippen molar-refractivity contribution in [3.63, 3.8) is 0 Å². The van der Waals surface area contributed by atoms with Crippen LogP contribution in [0, 0.1) is 5.92 Å². The number of aromatic nitrogens is 2. The Labute approximate surface area is 125 Å². The van der Waals surface area contributed by atoms with Gasteiger partial charge in [0.05, 0.1) is 6.10 Å². The second-order valence-corrected chi connectivity index (χ2v) is 6.21. The van der Waals surface area contributed by atoms with Gasteiger partial charge >= 0.3 is 0 Å². The van der Waals surface area contributed by atoms with Crippen molar-refractivity contribution >= 4 is 5.82 Å². The van der Waals surface area contributed by atoms with Crippen LogP contribution in [0.2, 0.25) is 0 Å². The van der Waals surface area contributed by atoms with E-state index < -0.39 is 0 Å². The SMILES string of the molecule is CC1CCn2c(nc(-c3cccc(OC(C)C)c3)c2N)C1. The summed E-state index contributed by atoms with van der Waals surface area (Å²) in [4.78, 5) is 4.77.